The van der Waals surface area contributed by atoms with Gasteiger partial charge in [-0.25, -0.2) is 0 Å². The first-order valence-corrected chi connectivity index (χ1v) is 6.72. The highest BCUT2D eigenvalue weighted by Gasteiger charge is 2.37. The second-order valence-corrected chi connectivity index (χ2v) is 5.07. The van der Waals surface area contributed by atoms with Gasteiger partial charge in [0, 0.05) is 29.1 Å². The Morgan fingerprint density at radius 3 is 2.67 bits per heavy atom. The van der Waals surface area contributed by atoms with E-state index in [0.717, 1.165) is 5.56 Å². The van der Waals surface area contributed by atoms with Crippen molar-refractivity contribution in [2.75, 3.05) is 19.7 Å². The maximum absolute atomic E-state index is 11.9. The number of hydrogen-bond acceptors (Lipinski definition) is 3. The van der Waals surface area contributed by atoms with Crippen LogP contribution in [0.5, 0.6) is 0 Å². The summed E-state index contributed by atoms with van der Waals surface area (Å²) in [4.78, 5) is 11.9. The predicted molar refractivity (Wildman–Crippen MR) is 72.2 cm³/mol. The zero-order chi connectivity index (χ0) is 13.1. The summed E-state index contributed by atoms with van der Waals surface area (Å²) >= 11 is 12.4. The molecule has 0 aromatic heterocycles. The van der Waals surface area contributed by atoms with E-state index in [1.54, 1.807) is 25.1 Å². The van der Waals surface area contributed by atoms with Crippen LogP contribution in [-0.4, -0.2) is 25.7 Å². The Kier molecular flexibility index (Phi) is 4.49. The number of ether oxygens (including phenoxy) is 1. The molecule has 1 aromatic rings. The molecule has 1 aliphatic rings. The largest absolute Gasteiger partial charge is 0.466 e. The van der Waals surface area contributed by atoms with Crippen LogP contribution >= 0.6 is 23.2 Å². The SMILES string of the molecule is CCOC(=O)C1CNCC1c1c(Cl)cccc1Cl. The van der Waals surface area contributed by atoms with Crippen molar-refractivity contribution < 1.29 is 9.53 Å². The minimum atomic E-state index is -0.220. The van der Waals surface area contributed by atoms with Gasteiger partial charge >= 0.3 is 5.97 Å². The molecule has 0 bridgehead atoms. The quantitative estimate of drug-likeness (QED) is 0.869. The van der Waals surface area contributed by atoms with Gasteiger partial charge in [-0.1, -0.05) is 29.3 Å². The van der Waals surface area contributed by atoms with Crippen molar-refractivity contribution in [1.82, 2.24) is 5.32 Å². The first-order chi connectivity index (χ1) is 8.65. The van der Waals surface area contributed by atoms with Gasteiger partial charge in [-0.05, 0) is 24.6 Å². The molecule has 1 heterocycles. The van der Waals surface area contributed by atoms with E-state index < -0.39 is 0 Å². The fourth-order valence-corrected chi connectivity index (χ4v) is 3.02. The lowest BCUT2D eigenvalue weighted by molar-refractivity contribution is -0.147. The fourth-order valence-electron chi connectivity index (χ4n) is 2.34. The van der Waals surface area contributed by atoms with E-state index in [1.807, 2.05) is 0 Å². The third-order valence-corrected chi connectivity index (χ3v) is 3.83. The molecule has 3 nitrogen and oxygen atoms in total. The number of esters is 1. The van der Waals surface area contributed by atoms with E-state index in [2.05, 4.69) is 5.32 Å². The van der Waals surface area contributed by atoms with Gasteiger partial charge in [0.15, 0.2) is 0 Å². The van der Waals surface area contributed by atoms with Crippen molar-refractivity contribution in [3.8, 4) is 0 Å². The molecule has 0 spiro atoms. The van der Waals surface area contributed by atoms with Crippen LogP contribution in [0.15, 0.2) is 18.2 Å². The molecule has 5 heteroatoms. The molecule has 18 heavy (non-hydrogen) atoms. The predicted octanol–water partition coefficient (Wildman–Crippen LogP) is 2.86. The number of nitrogens with one attached hydrogen (secondary N) is 1. The molecule has 1 fully saturated rings. The number of benzene rings is 1. The molecule has 2 atom stereocenters. The molecule has 0 amide bonds. The second-order valence-electron chi connectivity index (χ2n) is 4.26. The Balaban J connectivity index is 2.29. The van der Waals surface area contributed by atoms with Gasteiger partial charge in [-0.3, -0.25) is 4.79 Å². The van der Waals surface area contributed by atoms with Crippen LogP contribution in [0.25, 0.3) is 0 Å². The molecule has 1 saturated heterocycles. The smallest absolute Gasteiger partial charge is 0.310 e. The van der Waals surface area contributed by atoms with Crippen LogP contribution in [0.2, 0.25) is 10.0 Å². The van der Waals surface area contributed by atoms with Gasteiger partial charge in [0.25, 0.3) is 0 Å². The van der Waals surface area contributed by atoms with E-state index in [9.17, 15) is 4.79 Å². The average molecular weight is 288 g/mol. The van der Waals surface area contributed by atoms with Crippen LogP contribution in [0.3, 0.4) is 0 Å². The Morgan fingerprint density at radius 1 is 1.39 bits per heavy atom. The number of rotatable bonds is 3. The summed E-state index contributed by atoms with van der Waals surface area (Å²) in [7, 11) is 0. The average Bonchev–Trinajstić information content (AvgIpc) is 2.78. The van der Waals surface area contributed by atoms with Crippen molar-refractivity contribution in [2.45, 2.75) is 12.8 Å². The first kappa shape index (κ1) is 13.7. The van der Waals surface area contributed by atoms with E-state index in [0.29, 0.717) is 29.7 Å². The van der Waals surface area contributed by atoms with Crippen LogP contribution in [0, 0.1) is 5.92 Å². The molecule has 0 aliphatic carbocycles. The standard InChI is InChI=1S/C13H15Cl2NO2/c1-2-18-13(17)9-7-16-6-8(9)12-10(14)4-3-5-11(12)15/h3-5,8-9,16H,2,6-7H2,1H3. The highest BCUT2D eigenvalue weighted by atomic mass is 35.5. The van der Waals surface area contributed by atoms with Crippen LogP contribution in [0.1, 0.15) is 18.4 Å². The topological polar surface area (TPSA) is 38.3 Å². The number of halogens is 2. The molecule has 0 radical (unpaired) electrons. The normalized spacial score (nSPS) is 23.1. The summed E-state index contributed by atoms with van der Waals surface area (Å²) in [5.41, 5.74) is 0.837. The Labute approximate surface area is 116 Å². The second kappa shape index (κ2) is 5.91. The van der Waals surface area contributed by atoms with Gasteiger partial charge in [-0.2, -0.15) is 0 Å². The van der Waals surface area contributed by atoms with Crippen molar-refractivity contribution >= 4 is 29.2 Å². The van der Waals surface area contributed by atoms with Crippen LogP contribution in [-0.2, 0) is 9.53 Å². The number of carbonyl (C=O) groups excluding carboxylic acids is 1. The molecule has 2 rings (SSSR count). The lowest BCUT2D eigenvalue weighted by Crippen LogP contribution is -2.24. The monoisotopic (exact) mass is 287 g/mol. The van der Waals surface area contributed by atoms with Gasteiger partial charge in [0.1, 0.15) is 0 Å². The number of carbonyl (C=O) groups is 1. The summed E-state index contributed by atoms with van der Waals surface area (Å²) in [5.74, 6) is -0.434. The zero-order valence-corrected chi connectivity index (χ0v) is 11.6. The van der Waals surface area contributed by atoms with Crippen molar-refractivity contribution in [2.24, 2.45) is 5.92 Å². The molecule has 1 N–H and O–H groups in total. The first-order valence-electron chi connectivity index (χ1n) is 5.96. The third-order valence-electron chi connectivity index (χ3n) is 3.17. The lowest BCUT2D eigenvalue weighted by Gasteiger charge is -2.19. The molecule has 98 valence electrons. The van der Waals surface area contributed by atoms with E-state index in [-0.39, 0.29) is 17.8 Å². The Morgan fingerprint density at radius 2 is 2.06 bits per heavy atom. The third kappa shape index (κ3) is 2.63. The molecular formula is C13H15Cl2NO2. The minimum Gasteiger partial charge on any atom is -0.466 e. The molecule has 2 unspecified atom stereocenters. The van der Waals surface area contributed by atoms with E-state index in [1.165, 1.54) is 0 Å². The van der Waals surface area contributed by atoms with Gasteiger partial charge < -0.3 is 10.1 Å². The van der Waals surface area contributed by atoms with Crippen molar-refractivity contribution in [1.29, 1.82) is 0 Å². The van der Waals surface area contributed by atoms with E-state index in [4.69, 9.17) is 27.9 Å². The van der Waals surface area contributed by atoms with Crippen LogP contribution < -0.4 is 5.32 Å². The summed E-state index contributed by atoms with van der Waals surface area (Å²) < 4.78 is 5.09. The summed E-state index contributed by atoms with van der Waals surface area (Å²) in [6.07, 6.45) is 0. The molecule has 1 aliphatic heterocycles. The summed E-state index contributed by atoms with van der Waals surface area (Å²) in [6, 6.07) is 5.39. The van der Waals surface area contributed by atoms with E-state index >= 15 is 0 Å². The zero-order valence-electron chi connectivity index (χ0n) is 10.1. The fraction of sp³-hybridized carbons (Fsp3) is 0.462. The van der Waals surface area contributed by atoms with Crippen molar-refractivity contribution in [3.05, 3.63) is 33.8 Å². The van der Waals surface area contributed by atoms with Gasteiger partial charge in [-0.15, -0.1) is 0 Å². The van der Waals surface area contributed by atoms with Gasteiger partial charge in [0.05, 0.1) is 12.5 Å². The summed E-state index contributed by atoms with van der Waals surface area (Å²) in [5, 5.41) is 4.40. The highest BCUT2D eigenvalue weighted by Crippen LogP contribution is 2.38. The molecular weight excluding hydrogens is 273 g/mol. The summed E-state index contributed by atoms with van der Waals surface area (Å²) in [6.45, 7) is 3.48. The lowest BCUT2D eigenvalue weighted by atomic mass is 9.89. The van der Waals surface area contributed by atoms with Crippen molar-refractivity contribution in [3.63, 3.8) is 0 Å². The van der Waals surface area contributed by atoms with Gasteiger partial charge in [0.2, 0.25) is 0 Å². The maximum Gasteiger partial charge on any atom is 0.310 e. The van der Waals surface area contributed by atoms with Crippen LogP contribution in [0.4, 0.5) is 0 Å². The minimum absolute atomic E-state index is 0.0229. The molecule has 0 saturated carbocycles. The molecule has 1 aromatic carbocycles. The Hall–Kier alpha value is -0.770. The number of hydrogen-bond donors (Lipinski definition) is 1. The highest BCUT2D eigenvalue weighted by molar-refractivity contribution is 6.36. The Bertz CT molecular complexity index is 430. The maximum atomic E-state index is 11.9.